The van der Waals surface area contributed by atoms with Crippen molar-refractivity contribution in [3.05, 3.63) is 0 Å². The van der Waals surface area contributed by atoms with Crippen LogP contribution in [0, 0.1) is 10.8 Å². The second kappa shape index (κ2) is 12.0. The summed E-state index contributed by atoms with van der Waals surface area (Å²) >= 11 is 0. The molecule has 0 heterocycles. The van der Waals surface area contributed by atoms with Crippen molar-refractivity contribution in [2.75, 3.05) is 14.2 Å². The SMILES string of the molecule is C.C.CCC(C)(C(C)(C)OC)C(C)(C)OC(=O)CC(=O)OC(C)(C)C(C)(CC)C(C)(C)OC. The number of ether oxygens (including phenoxy) is 4. The van der Waals surface area contributed by atoms with Crippen molar-refractivity contribution in [3.63, 3.8) is 0 Å². The molecule has 0 saturated carbocycles. The van der Waals surface area contributed by atoms with Crippen molar-refractivity contribution in [1.82, 2.24) is 0 Å². The maximum atomic E-state index is 12.7. The molecule has 0 rings (SSSR count). The molecule has 0 saturated heterocycles. The summed E-state index contributed by atoms with van der Waals surface area (Å²) in [5.74, 6) is -1.22. The molecule has 0 aliphatic rings. The summed E-state index contributed by atoms with van der Waals surface area (Å²) in [6, 6.07) is 0. The Labute approximate surface area is 205 Å². The van der Waals surface area contributed by atoms with E-state index in [9.17, 15) is 9.59 Å². The van der Waals surface area contributed by atoms with E-state index in [0.29, 0.717) is 0 Å². The van der Waals surface area contributed by atoms with Crippen LogP contribution < -0.4 is 0 Å². The van der Waals surface area contributed by atoms with Crippen molar-refractivity contribution < 1.29 is 28.5 Å². The Morgan fingerprint density at radius 3 is 0.970 bits per heavy atom. The molecule has 2 atom stereocenters. The van der Waals surface area contributed by atoms with Crippen molar-refractivity contribution in [2.24, 2.45) is 10.8 Å². The zero-order valence-corrected chi connectivity index (χ0v) is 22.6. The number of methoxy groups -OCH3 is 2. The van der Waals surface area contributed by atoms with Gasteiger partial charge in [0.05, 0.1) is 11.2 Å². The van der Waals surface area contributed by atoms with Gasteiger partial charge in [-0.25, -0.2) is 0 Å². The molecule has 0 radical (unpaired) electrons. The lowest BCUT2D eigenvalue weighted by Crippen LogP contribution is -2.58. The van der Waals surface area contributed by atoms with Crippen molar-refractivity contribution >= 4 is 11.9 Å². The summed E-state index contributed by atoms with van der Waals surface area (Å²) in [5, 5.41) is 0. The van der Waals surface area contributed by atoms with Crippen LogP contribution >= 0.6 is 0 Å². The highest BCUT2D eigenvalue weighted by atomic mass is 16.6. The van der Waals surface area contributed by atoms with Gasteiger partial charge in [-0.15, -0.1) is 0 Å². The molecule has 33 heavy (non-hydrogen) atoms. The van der Waals surface area contributed by atoms with E-state index < -0.39 is 51.6 Å². The van der Waals surface area contributed by atoms with Crippen LogP contribution in [0.25, 0.3) is 0 Å². The predicted molar refractivity (Wildman–Crippen MR) is 137 cm³/mol. The van der Waals surface area contributed by atoms with Gasteiger partial charge in [-0.3, -0.25) is 9.59 Å². The lowest BCUT2D eigenvalue weighted by Gasteiger charge is -2.52. The summed E-state index contributed by atoms with van der Waals surface area (Å²) in [6.45, 7) is 23.5. The van der Waals surface area contributed by atoms with Crippen LogP contribution in [0.15, 0.2) is 0 Å². The fourth-order valence-electron chi connectivity index (χ4n) is 4.59. The van der Waals surface area contributed by atoms with Crippen molar-refractivity contribution in [3.8, 4) is 0 Å². The third kappa shape index (κ3) is 6.94. The monoisotopic (exact) mass is 476 g/mol. The van der Waals surface area contributed by atoms with E-state index in [0.717, 1.165) is 12.8 Å². The second-order valence-corrected chi connectivity index (χ2v) is 10.9. The predicted octanol–water partition coefficient (Wildman–Crippen LogP) is 6.97. The third-order valence-electron chi connectivity index (χ3n) is 8.78. The molecule has 0 N–H and O–H groups in total. The minimum Gasteiger partial charge on any atom is -0.459 e. The summed E-state index contributed by atoms with van der Waals surface area (Å²) in [4.78, 5) is 25.4. The molecule has 0 aromatic carbocycles. The van der Waals surface area contributed by atoms with Gasteiger partial charge < -0.3 is 18.9 Å². The van der Waals surface area contributed by atoms with Gasteiger partial charge in [-0.05, 0) is 68.2 Å². The first-order chi connectivity index (χ1) is 13.7. The van der Waals surface area contributed by atoms with E-state index >= 15 is 0 Å². The molecular weight excluding hydrogens is 420 g/mol. The molecule has 0 aliphatic heterocycles. The quantitative estimate of drug-likeness (QED) is 0.224. The molecule has 0 aromatic heterocycles. The van der Waals surface area contributed by atoms with Gasteiger partial charge in [0, 0.05) is 25.0 Å². The third-order valence-corrected chi connectivity index (χ3v) is 8.78. The van der Waals surface area contributed by atoms with Gasteiger partial charge in [0.1, 0.15) is 17.6 Å². The van der Waals surface area contributed by atoms with E-state index in [1.54, 1.807) is 14.2 Å². The zero-order chi connectivity index (χ0) is 25.1. The van der Waals surface area contributed by atoms with Gasteiger partial charge in [0.15, 0.2) is 0 Å². The Kier molecular flexibility index (Phi) is 13.3. The van der Waals surface area contributed by atoms with Crippen LogP contribution in [0.5, 0.6) is 0 Å². The van der Waals surface area contributed by atoms with Crippen LogP contribution in [0.4, 0.5) is 0 Å². The minimum atomic E-state index is -0.857. The van der Waals surface area contributed by atoms with Crippen LogP contribution in [0.1, 0.15) is 117 Å². The van der Waals surface area contributed by atoms with Crippen LogP contribution in [-0.4, -0.2) is 48.6 Å². The number of hydrogen-bond acceptors (Lipinski definition) is 6. The van der Waals surface area contributed by atoms with Crippen LogP contribution in [0.2, 0.25) is 0 Å². The molecule has 200 valence electrons. The number of carbonyl (C=O) groups is 2. The van der Waals surface area contributed by atoms with Gasteiger partial charge in [0.25, 0.3) is 0 Å². The van der Waals surface area contributed by atoms with Crippen LogP contribution in [-0.2, 0) is 28.5 Å². The molecule has 0 amide bonds. The highest BCUT2D eigenvalue weighted by Gasteiger charge is 2.55. The van der Waals surface area contributed by atoms with Gasteiger partial charge >= 0.3 is 11.9 Å². The Morgan fingerprint density at radius 2 is 0.788 bits per heavy atom. The average molecular weight is 477 g/mol. The first-order valence-electron chi connectivity index (χ1n) is 11.3. The number of hydrogen-bond donors (Lipinski definition) is 0. The summed E-state index contributed by atoms with van der Waals surface area (Å²) < 4.78 is 23.1. The van der Waals surface area contributed by atoms with E-state index in [4.69, 9.17) is 18.9 Å². The lowest BCUT2D eigenvalue weighted by molar-refractivity contribution is -0.211. The van der Waals surface area contributed by atoms with Crippen molar-refractivity contribution in [2.45, 2.75) is 140 Å². The Balaban J connectivity index is -0.00000450. The fourth-order valence-corrected chi connectivity index (χ4v) is 4.59. The fraction of sp³-hybridized carbons (Fsp3) is 0.926. The minimum absolute atomic E-state index is 0. The molecule has 0 spiro atoms. The number of esters is 2. The van der Waals surface area contributed by atoms with Crippen LogP contribution in [0.3, 0.4) is 0 Å². The van der Waals surface area contributed by atoms with E-state index in [1.165, 1.54) is 0 Å². The van der Waals surface area contributed by atoms with E-state index in [1.807, 2.05) is 83.1 Å². The second-order valence-electron chi connectivity index (χ2n) is 10.9. The topological polar surface area (TPSA) is 71.1 Å². The summed E-state index contributed by atoms with van der Waals surface area (Å²) in [6.07, 6.45) is 1.01. The largest absolute Gasteiger partial charge is 0.459 e. The van der Waals surface area contributed by atoms with Crippen molar-refractivity contribution in [1.29, 1.82) is 0 Å². The highest BCUT2D eigenvalue weighted by Crippen LogP contribution is 2.49. The molecule has 2 unspecified atom stereocenters. The Bertz CT molecular complexity index is 581. The highest BCUT2D eigenvalue weighted by molar-refractivity contribution is 5.91. The maximum Gasteiger partial charge on any atom is 0.317 e. The average Bonchev–Trinajstić information content (AvgIpc) is 2.64. The van der Waals surface area contributed by atoms with Gasteiger partial charge in [0.2, 0.25) is 0 Å². The zero-order valence-electron chi connectivity index (χ0n) is 22.6. The number of rotatable bonds is 12. The molecule has 6 nitrogen and oxygen atoms in total. The Hall–Kier alpha value is -1.14. The summed E-state index contributed by atoms with van der Waals surface area (Å²) in [7, 11) is 3.30. The normalized spacial score (nSPS) is 16.4. The van der Waals surface area contributed by atoms with Gasteiger partial charge in [-0.1, -0.05) is 42.5 Å². The van der Waals surface area contributed by atoms with E-state index in [-0.39, 0.29) is 14.9 Å². The van der Waals surface area contributed by atoms with E-state index in [2.05, 4.69) is 0 Å². The number of carbonyl (C=O) groups excluding carboxylic acids is 2. The first-order valence-corrected chi connectivity index (χ1v) is 11.3. The molecular formula is C27H56O6. The first kappa shape index (κ1) is 36.4. The molecule has 6 heteroatoms. The molecule has 0 bridgehead atoms. The standard InChI is InChI=1S/C25H48O6.2CH4/c1-15-24(11,20(3,4)28-13)22(7,8)30-18(26)17-19(27)31-23(9,10)25(12,16-2)21(5,6)29-14;;/h15-17H2,1-14H3;2*1H4. The molecule has 0 aromatic rings. The Morgan fingerprint density at radius 1 is 0.545 bits per heavy atom. The molecule has 0 fully saturated rings. The summed E-state index contributed by atoms with van der Waals surface area (Å²) in [5.41, 5.74) is -3.74. The molecule has 0 aliphatic carbocycles. The lowest BCUT2D eigenvalue weighted by atomic mass is 9.63. The smallest absolute Gasteiger partial charge is 0.317 e. The van der Waals surface area contributed by atoms with Gasteiger partial charge in [-0.2, -0.15) is 0 Å². The maximum absolute atomic E-state index is 12.7.